The Morgan fingerprint density at radius 2 is 1.72 bits per heavy atom. The van der Waals surface area contributed by atoms with Gasteiger partial charge in [0.25, 0.3) is 0 Å². The largest absolute Gasteiger partial charge is 0.374 e. The van der Waals surface area contributed by atoms with Crippen LogP contribution in [0.25, 0.3) is 0 Å². The van der Waals surface area contributed by atoms with Gasteiger partial charge in [0.2, 0.25) is 15.9 Å². The van der Waals surface area contributed by atoms with Crippen LogP contribution in [0, 0.1) is 0 Å². The van der Waals surface area contributed by atoms with Gasteiger partial charge in [0.1, 0.15) is 6.04 Å². The fourth-order valence-electron chi connectivity index (χ4n) is 2.04. The summed E-state index contributed by atoms with van der Waals surface area (Å²) < 4.78 is 24.9. The van der Waals surface area contributed by atoms with E-state index in [1.54, 1.807) is 49.4 Å². The second-order valence-electron chi connectivity index (χ2n) is 5.41. The first-order valence-electron chi connectivity index (χ1n) is 7.25. The van der Waals surface area contributed by atoms with Gasteiger partial charge >= 0.3 is 0 Å². The SMILES string of the molecule is CC(Nc1cccc(NS(C)(=O)=O)c1)C(=O)Nc1cccc(Cl)c1Cl. The maximum atomic E-state index is 12.3. The summed E-state index contributed by atoms with van der Waals surface area (Å²) in [4.78, 5) is 12.3. The van der Waals surface area contributed by atoms with Gasteiger partial charge in [-0.05, 0) is 37.3 Å². The van der Waals surface area contributed by atoms with Crippen molar-refractivity contribution in [1.29, 1.82) is 0 Å². The summed E-state index contributed by atoms with van der Waals surface area (Å²) in [6.45, 7) is 1.67. The highest BCUT2D eigenvalue weighted by atomic mass is 35.5. The Morgan fingerprint density at radius 1 is 1.08 bits per heavy atom. The highest BCUT2D eigenvalue weighted by Crippen LogP contribution is 2.29. The van der Waals surface area contributed by atoms with Crippen molar-refractivity contribution in [3.63, 3.8) is 0 Å². The van der Waals surface area contributed by atoms with Crippen LogP contribution in [-0.2, 0) is 14.8 Å². The zero-order valence-electron chi connectivity index (χ0n) is 13.5. The second-order valence-corrected chi connectivity index (χ2v) is 7.95. The van der Waals surface area contributed by atoms with E-state index in [1.165, 1.54) is 0 Å². The lowest BCUT2D eigenvalue weighted by Crippen LogP contribution is -2.32. The van der Waals surface area contributed by atoms with Gasteiger partial charge in [-0.1, -0.05) is 35.3 Å². The van der Waals surface area contributed by atoms with E-state index in [0.717, 1.165) is 6.26 Å². The van der Waals surface area contributed by atoms with E-state index >= 15 is 0 Å². The van der Waals surface area contributed by atoms with Crippen molar-refractivity contribution >= 4 is 56.2 Å². The lowest BCUT2D eigenvalue weighted by molar-refractivity contribution is -0.116. The Balaban J connectivity index is 2.06. The minimum absolute atomic E-state index is 0.268. The van der Waals surface area contributed by atoms with Crippen LogP contribution < -0.4 is 15.4 Å². The summed E-state index contributed by atoms with van der Waals surface area (Å²) in [6.07, 6.45) is 1.07. The maximum absolute atomic E-state index is 12.3. The first kappa shape index (κ1) is 19.4. The summed E-state index contributed by atoms with van der Waals surface area (Å²) in [5.41, 5.74) is 1.41. The number of hydrogen-bond donors (Lipinski definition) is 3. The number of carbonyl (C=O) groups excluding carboxylic acids is 1. The molecule has 0 aliphatic heterocycles. The molecule has 0 fully saturated rings. The van der Waals surface area contributed by atoms with Gasteiger partial charge in [-0.2, -0.15) is 0 Å². The minimum atomic E-state index is -3.37. The molecule has 0 aliphatic rings. The van der Waals surface area contributed by atoms with Crippen molar-refractivity contribution in [2.24, 2.45) is 0 Å². The summed E-state index contributed by atoms with van der Waals surface area (Å²) in [6, 6.07) is 11.0. The summed E-state index contributed by atoms with van der Waals surface area (Å²) in [5.74, 6) is -0.314. The molecule has 1 atom stereocenters. The van der Waals surface area contributed by atoms with E-state index in [9.17, 15) is 13.2 Å². The topological polar surface area (TPSA) is 87.3 Å². The molecule has 0 aliphatic carbocycles. The number of hydrogen-bond acceptors (Lipinski definition) is 4. The number of halogens is 2. The zero-order valence-corrected chi connectivity index (χ0v) is 15.8. The van der Waals surface area contributed by atoms with Gasteiger partial charge in [-0.15, -0.1) is 0 Å². The number of anilines is 3. The Morgan fingerprint density at radius 3 is 2.40 bits per heavy atom. The molecule has 2 rings (SSSR count). The molecule has 0 radical (unpaired) electrons. The third-order valence-corrected chi connectivity index (χ3v) is 4.58. The number of rotatable bonds is 6. The highest BCUT2D eigenvalue weighted by molar-refractivity contribution is 7.92. The molecule has 0 bridgehead atoms. The van der Waals surface area contributed by atoms with Crippen LogP contribution in [0.2, 0.25) is 10.0 Å². The van der Waals surface area contributed by atoms with Gasteiger partial charge in [-0.25, -0.2) is 8.42 Å². The Kier molecular flexibility index (Phi) is 6.16. The zero-order chi connectivity index (χ0) is 18.6. The van der Waals surface area contributed by atoms with Crippen LogP contribution in [-0.4, -0.2) is 26.6 Å². The Hall–Kier alpha value is -1.96. The summed E-state index contributed by atoms with van der Waals surface area (Å²) >= 11 is 12.0. The molecule has 1 amide bonds. The van der Waals surface area contributed by atoms with Gasteiger partial charge in [-0.3, -0.25) is 9.52 Å². The Bertz CT molecular complexity index is 888. The fraction of sp³-hybridized carbons (Fsp3) is 0.188. The molecule has 9 heteroatoms. The highest BCUT2D eigenvalue weighted by Gasteiger charge is 2.15. The maximum Gasteiger partial charge on any atom is 0.246 e. The molecule has 3 N–H and O–H groups in total. The van der Waals surface area contributed by atoms with Gasteiger partial charge in [0.15, 0.2) is 0 Å². The molecule has 134 valence electrons. The van der Waals surface area contributed by atoms with E-state index in [2.05, 4.69) is 15.4 Å². The molecule has 6 nitrogen and oxygen atoms in total. The quantitative estimate of drug-likeness (QED) is 0.686. The predicted molar refractivity (Wildman–Crippen MR) is 103 cm³/mol. The third-order valence-electron chi connectivity index (χ3n) is 3.15. The van der Waals surface area contributed by atoms with Crippen LogP contribution in [0.1, 0.15) is 6.92 Å². The average molecular weight is 402 g/mol. The fourth-order valence-corrected chi connectivity index (χ4v) is 2.95. The van der Waals surface area contributed by atoms with E-state index in [1.807, 2.05) is 0 Å². The minimum Gasteiger partial charge on any atom is -0.374 e. The van der Waals surface area contributed by atoms with Crippen molar-refractivity contribution in [3.05, 3.63) is 52.5 Å². The van der Waals surface area contributed by atoms with Crippen LogP contribution in [0.4, 0.5) is 17.1 Å². The van der Waals surface area contributed by atoms with Crippen molar-refractivity contribution in [2.45, 2.75) is 13.0 Å². The average Bonchev–Trinajstić information content (AvgIpc) is 2.50. The van der Waals surface area contributed by atoms with E-state index < -0.39 is 16.1 Å². The van der Waals surface area contributed by atoms with Crippen molar-refractivity contribution in [3.8, 4) is 0 Å². The number of amides is 1. The number of nitrogens with one attached hydrogen (secondary N) is 3. The van der Waals surface area contributed by atoms with Crippen molar-refractivity contribution < 1.29 is 13.2 Å². The van der Waals surface area contributed by atoms with Gasteiger partial charge < -0.3 is 10.6 Å². The Labute approximate surface area is 156 Å². The molecular formula is C16H17Cl2N3O3S. The molecule has 0 heterocycles. The molecular weight excluding hydrogens is 385 g/mol. The molecule has 0 spiro atoms. The number of sulfonamides is 1. The smallest absolute Gasteiger partial charge is 0.246 e. The molecule has 2 aromatic carbocycles. The van der Waals surface area contributed by atoms with Crippen LogP contribution >= 0.6 is 23.2 Å². The number of benzene rings is 2. The van der Waals surface area contributed by atoms with Gasteiger partial charge in [0, 0.05) is 5.69 Å². The van der Waals surface area contributed by atoms with E-state index in [0.29, 0.717) is 22.1 Å². The third kappa shape index (κ3) is 5.81. The summed E-state index contributed by atoms with van der Waals surface area (Å²) in [5, 5.41) is 6.31. The summed E-state index contributed by atoms with van der Waals surface area (Å²) in [7, 11) is -3.37. The molecule has 1 unspecified atom stereocenters. The standard InChI is InChI=1S/C16H17Cl2N3O3S/c1-10(16(22)20-14-8-4-7-13(17)15(14)18)19-11-5-3-6-12(9-11)21-25(2,23)24/h3-10,19,21H,1-2H3,(H,20,22). The molecule has 0 saturated heterocycles. The van der Waals surface area contributed by atoms with Crippen molar-refractivity contribution in [2.75, 3.05) is 21.6 Å². The second kappa shape index (κ2) is 7.95. The van der Waals surface area contributed by atoms with Crippen LogP contribution in [0.5, 0.6) is 0 Å². The van der Waals surface area contributed by atoms with E-state index in [4.69, 9.17) is 23.2 Å². The monoisotopic (exact) mass is 401 g/mol. The lowest BCUT2D eigenvalue weighted by atomic mass is 10.2. The molecule has 2 aromatic rings. The molecule has 0 saturated carbocycles. The lowest BCUT2D eigenvalue weighted by Gasteiger charge is -2.17. The van der Waals surface area contributed by atoms with Crippen molar-refractivity contribution in [1.82, 2.24) is 0 Å². The molecule has 25 heavy (non-hydrogen) atoms. The predicted octanol–water partition coefficient (Wildman–Crippen LogP) is 3.80. The molecule has 0 aromatic heterocycles. The van der Waals surface area contributed by atoms with Crippen LogP contribution in [0.3, 0.4) is 0 Å². The van der Waals surface area contributed by atoms with E-state index in [-0.39, 0.29) is 10.9 Å². The first-order chi connectivity index (χ1) is 11.7. The van der Waals surface area contributed by atoms with Gasteiger partial charge in [0.05, 0.1) is 27.7 Å². The van der Waals surface area contributed by atoms with Crippen LogP contribution in [0.15, 0.2) is 42.5 Å². The first-order valence-corrected chi connectivity index (χ1v) is 9.90. The normalized spacial score (nSPS) is 12.3. The number of carbonyl (C=O) groups is 1.